The third kappa shape index (κ3) is 3.50. The van der Waals surface area contributed by atoms with Crippen LogP contribution in [0.2, 0.25) is 0 Å². The summed E-state index contributed by atoms with van der Waals surface area (Å²) in [5.74, 6) is -0.911. The second-order valence-corrected chi connectivity index (χ2v) is 7.36. The molecule has 0 bridgehead atoms. The molecule has 150 valence electrons. The van der Waals surface area contributed by atoms with E-state index < -0.39 is 12.0 Å². The zero-order valence-electron chi connectivity index (χ0n) is 16.4. The first-order valence-corrected chi connectivity index (χ1v) is 10.0. The van der Waals surface area contributed by atoms with E-state index in [2.05, 4.69) is 0 Å². The SMILES string of the molecule is CCOC(=O)[C@@H]1CCC(=O)N1C[C@@H]1C(=O)N(c2ccccc2)[C@@H]1c1ccccc1. The first-order chi connectivity index (χ1) is 14.1. The van der Waals surface area contributed by atoms with Crippen molar-refractivity contribution < 1.29 is 19.1 Å². The molecule has 2 heterocycles. The standard InChI is InChI=1S/C23H24N2O4/c1-2-29-23(28)19-13-14-20(26)24(19)15-18-21(16-9-5-3-6-10-16)25(22(18)27)17-11-7-4-8-12-17/h3-12,18-19,21H,2,13-15H2,1H3/t18-,19-,21+/m0/s1. The topological polar surface area (TPSA) is 66.9 Å². The summed E-state index contributed by atoms with van der Waals surface area (Å²) in [6.45, 7) is 2.25. The lowest BCUT2D eigenvalue weighted by Crippen LogP contribution is -2.60. The minimum atomic E-state index is -0.600. The number of hydrogen-bond donors (Lipinski definition) is 0. The number of hydrogen-bond acceptors (Lipinski definition) is 4. The van der Waals surface area contributed by atoms with Gasteiger partial charge in [-0.15, -0.1) is 0 Å². The number of amides is 2. The molecule has 0 N–H and O–H groups in total. The number of ether oxygens (including phenoxy) is 1. The summed E-state index contributed by atoms with van der Waals surface area (Å²) in [7, 11) is 0. The average Bonchev–Trinajstić information content (AvgIpc) is 3.11. The molecular formula is C23H24N2O4. The molecule has 3 atom stereocenters. The molecule has 29 heavy (non-hydrogen) atoms. The van der Waals surface area contributed by atoms with Crippen molar-refractivity contribution in [1.82, 2.24) is 4.90 Å². The van der Waals surface area contributed by atoms with Crippen LogP contribution in [-0.4, -0.2) is 41.9 Å². The van der Waals surface area contributed by atoms with Crippen LogP contribution in [0.4, 0.5) is 5.69 Å². The Morgan fingerprint density at radius 3 is 2.34 bits per heavy atom. The first kappa shape index (κ1) is 19.2. The van der Waals surface area contributed by atoms with E-state index in [4.69, 9.17) is 4.74 Å². The Balaban J connectivity index is 1.61. The zero-order valence-corrected chi connectivity index (χ0v) is 16.4. The van der Waals surface area contributed by atoms with E-state index in [1.165, 1.54) is 0 Å². The summed E-state index contributed by atoms with van der Waals surface area (Å²) in [5, 5.41) is 0. The Bertz CT molecular complexity index is 900. The van der Waals surface area contributed by atoms with Gasteiger partial charge in [0.1, 0.15) is 6.04 Å². The predicted molar refractivity (Wildman–Crippen MR) is 108 cm³/mol. The van der Waals surface area contributed by atoms with Crippen LogP contribution in [0.1, 0.15) is 31.4 Å². The molecule has 2 saturated heterocycles. The number of para-hydroxylation sites is 1. The normalized spacial score (nSPS) is 23.8. The molecule has 6 nitrogen and oxygen atoms in total. The van der Waals surface area contributed by atoms with Crippen LogP contribution in [-0.2, 0) is 19.1 Å². The number of carbonyl (C=O) groups excluding carboxylic acids is 3. The molecule has 0 aromatic heterocycles. The maximum Gasteiger partial charge on any atom is 0.328 e. The van der Waals surface area contributed by atoms with Crippen molar-refractivity contribution in [3.8, 4) is 0 Å². The zero-order chi connectivity index (χ0) is 20.4. The molecule has 0 spiro atoms. The fourth-order valence-electron chi connectivity index (χ4n) is 4.29. The molecule has 0 unspecified atom stereocenters. The maximum absolute atomic E-state index is 13.1. The second kappa shape index (κ2) is 8.07. The molecular weight excluding hydrogens is 368 g/mol. The number of esters is 1. The second-order valence-electron chi connectivity index (χ2n) is 7.36. The Labute approximate surface area is 170 Å². The van der Waals surface area contributed by atoms with E-state index in [0.717, 1.165) is 11.3 Å². The van der Waals surface area contributed by atoms with Gasteiger partial charge in [0.2, 0.25) is 11.8 Å². The van der Waals surface area contributed by atoms with Gasteiger partial charge < -0.3 is 14.5 Å². The summed E-state index contributed by atoms with van der Waals surface area (Å²) in [6, 6.07) is 18.6. The van der Waals surface area contributed by atoms with Crippen molar-refractivity contribution in [1.29, 1.82) is 0 Å². The van der Waals surface area contributed by atoms with E-state index in [-0.39, 0.29) is 37.0 Å². The number of likely N-dealkylation sites (tertiary alicyclic amines) is 1. The predicted octanol–water partition coefficient (Wildman–Crippen LogP) is 2.94. The minimum absolute atomic E-state index is 0.0349. The van der Waals surface area contributed by atoms with E-state index in [1.807, 2.05) is 60.7 Å². The van der Waals surface area contributed by atoms with Gasteiger partial charge in [-0.25, -0.2) is 4.79 Å². The van der Waals surface area contributed by atoms with Crippen LogP contribution in [0.3, 0.4) is 0 Å². The van der Waals surface area contributed by atoms with Crippen LogP contribution in [0.5, 0.6) is 0 Å². The Kier molecular flexibility index (Phi) is 5.34. The fraction of sp³-hybridized carbons (Fsp3) is 0.348. The number of carbonyl (C=O) groups is 3. The highest BCUT2D eigenvalue weighted by Gasteiger charge is 2.51. The Hall–Kier alpha value is -3.15. The maximum atomic E-state index is 13.1. The van der Waals surface area contributed by atoms with Crippen molar-refractivity contribution in [2.75, 3.05) is 18.1 Å². The van der Waals surface area contributed by atoms with E-state index in [1.54, 1.807) is 16.7 Å². The third-order valence-electron chi connectivity index (χ3n) is 5.67. The highest BCUT2D eigenvalue weighted by atomic mass is 16.5. The van der Waals surface area contributed by atoms with Gasteiger partial charge in [0.15, 0.2) is 0 Å². The van der Waals surface area contributed by atoms with Gasteiger partial charge in [0.25, 0.3) is 0 Å². The molecule has 2 aliphatic heterocycles. The van der Waals surface area contributed by atoms with Gasteiger partial charge in [-0.05, 0) is 31.0 Å². The monoisotopic (exact) mass is 392 g/mol. The summed E-state index contributed by atoms with van der Waals surface area (Å²) in [4.78, 5) is 41.2. The number of nitrogens with zero attached hydrogens (tertiary/aromatic N) is 2. The largest absolute Gasteiger partial charge is 0.464 e. The van der Waals surface area contributed by atoms with E-state index in [9.17, 15) is 14.4 Å². The molecule has 6 heteroatoms. The molecule has 2 fully saturated rings. The Morgan fingerprint density at radius 1 is 1.03 bits per heavy atom. The molecule has 2 aliphatic rings. The Morgan fingerprint density at radius 2 is 1.69 bits per heavy atom. The van der Waals surface area contributed by atoms with Crippen LogP contribution >= 0.6 is 0 Å². The molecule has 0 aliphatic carbocycles. The van der Waals surface area contributed by atoms with Gasteiger partial charge >= 0.3 is 5.97 Å². The van der Waals surface area contributed by atoms with E-state index >= 15 is 0 Å². The van der Waals surface area contributed by atoms with Crippen LogP contribution in [0.15, 0.2) is 60.7 Å². The van der Waals surface area contributed by atoms with Gasteiger partial charge in [-0.2, -0.15) is 0 Å². The number of benzene rings is 2. The van der Waals surface area contributed by atoms with Crippen molar-refractivity contribution in [2.45, 2.75) is 31.8 Å². The van der Waals surface area contributed by atoms with Crippen molar-refractivity contribution in [2.24, 2.45) is 5.92 Å². The van der Waals surface area contributed by atoms with Gasteiger partial charge in [0, 0.05) is 18.7 Å². The molecule has 2 aromatic rings. The smallest absolute Gasteiger partial charge is 0.328 e. The minimum Gasteiger partial charge on any atom is -0.464 e. The van der Waals surface area contributed by atoms with E-state index in [0.29, 0.717) is 12.8 Å². The number of anilines is 1. The summed E-state index contributed by atoms with van der Waals surface area (Å²) in [6.07, 6.45) is 0.750. The lowest BCUT2D eigenvalue weighted by atomic mass is 9.81. The average molecular weight is 392 g/mol. The quantitative estimate of drug-likeness (QED) is 0.560. The van der Waals surface area contributed by atoms with Gasteiger partial charge in [-0.1, -0.05) is 48.5 Å². The first-order valence-electron chi connectivity index (χ1n) is 10.0. The molecule has 0 saturated carbocycles. The number of β-lactam (4-membered cyclic amide) rings is 1. The summed E-state index contributed by atoms with van der Waals surface area (Å²) < 4.78 is 5.14. The lowest BCUT2D eigenvalue weighted by molar-refractivity contribution is -0.153. The van der Waals surface area contributed by atoms with Crippen LogP contribution < -0.4 is 4.90 Å². The van der Waals surface area contributed by atoms with Crippen molar-refractivity contribution >= 4 is 23.5 Å². The summed E-state index contributed by atoms with van der Waals surface area (Å²) >= 11 is 0. The highest BCUT2D eigenvalue weighted by Crippen LogP contribution is 2.44. The summed E-state index contributed by atoms with van der Waals surface area (Å²) in [5.41, 5.74) is 1.84. The molecule has 2 amide bonds. The fourth-order valence-corrected chi connectivity index (χ4v) is 4.29. The highest BCUT2D eigenvalue weighted by molar-refractivity contribution is 6.03. The van der Waals surface area contributed by atoms with Crippen LogP contribution in [0, 0.1) is 5.92 Å². The lowest BCUT2D eigenvalue weighted by Gasteiger charge is -2.48. The van der Waals surface area contributed by atoms with Gasteiger partial charge in [-0.3, -0.25) is 9.59 Å². The van der Waals surface area contributed by atoms with Gasteiger partial charge in [0.05, 0.1) is 18.6 Å². The van der Waals surface area contributed by atoms with Crippen molar-refractivity contribution in [3.05, 3.63) is 66.2 Å². The van der Waals surface area contributed by atoms with Crippen LogP contribution in [0.25, 0.3) is 0 Å². The molecule has 2 aromatic carbocycles. The third-order valence-corrected chi connectivity index (χ3v) is 5.67. The number of rotatable bonds is 6. The van der Waals surface area contributed by atoms with Crippen molar-refractivity contribution in [3.63, 3.8) is 0 Å². The molecule has 0 radical (unpaired) electrons. The molecule has 4 rings (SSSR count).